The molecule has 1 fully saturated rings. The van der Waals surface area contributed by atoms with Crippen molar-refractivity contribution in [2.45, 2.75) is 45.6 Å². The van der Waals surface area contributed by atoms with Crippen molar-refractivity contribution in [2.24, 2.45) is 5.92 Å². The maximum atomic E-state index is 12.1. The third-order valence-corrected chi connectivity index (χ3v) is 3.74. The minimum absolute atomic E-state index is 0.157. The molecule has 1 aromatic rings. The highest BCUT2D eigenvalue weighted by molar-refractivity contribution is 5.94. The molecule has 5 nitrogen and oxygen atoms in total. The van der Waals surface area contributed by atoms with Crippen LogP contribution in [0.5, 0.6) is 0 Å². The first-order valence-corrected chi connectivity index (χ1v) is 6.84. The number of carbonyl (C=O) groups excluding carboxylic acids is 1. The van der Waals surface area contributed by atoms with E-state index < -0.39 is 0 Å². The van der Waals surface area contributed by atoms with Crippen molar-refractivity contribution in [3.8, 4) is 0 Å². The molecule has 1 aromatic heterocycles. The summed E-state index contributed by atoms with van der Waals surface area (Å²) in [7, 11) is 0. The molecule has 2 rings (SSSR count). The molecule has 19 heavy (non-hydrogen) atoms. The number of amides is 1. The van der Waals surface area contributed by atoms with Crippen LogP contribution in [-0.2, 0) is 0 Å². The maximum absolute atomic E-state index is 12.1. The van der Waals surface area contributed by atoms with Crippen LogP contribution in [0, 0.1) is 19.8 Å². The van der Waals surface area contributed by atoms with Crippen molar-refractivity contribution in [2.75, 3.05) is 6.54 Å². The lowest BCUT2D eigenvalue weighted by Crippen LogP contribution is -2.37. The summed E-state index contributed by atoms with van der Waals surface area (Å²) in [5.41, 5.74) is 1.20. The van der Waals surface area contributed by atoms with Gasteiger partial charge in [-0.1, -0.05) is 12.8 Å². The van der Waals surface area contributed by atoms with E-state index in [1.165, 1.54) is 0 Å². The Morgan fingerprint density at radius 1 is 1.42 bits per heavy atom. The zero-order valence-corrected chi connectivity index (χ0v) is 11.5. The molecule has 1 amide bonds. The Balaban J connectivity index is 1.93. The van der Waals surface area contributed by atoms with E-state index in [-0.39, 0.29) is 17.9 Å². The molecule has 0 saturated heterocycles. The molecule has 1 heterocycles. The minimum Gasteiger partial charge on any atom is -0.393 e. The molecule has 1 aliphatic carbocycles. The first kappa shape index (κ1) is 13.9. The lowest BCUT2D eigenvalue weighted by molar-refractivity contribution is 0.0662. The third-order valence-electron chi connectivity index (χ3n) is 3.74. The van der Waals surface area contributed by atoms with Gasteiger partial charge in [0.05, 0.1) is 17.4 Å². The molecule has 0 spiro atoms. The van der Waals surface area contributed by atoms with E-state index in [9.17, 15) is 9.90 Å². The fraction of sp³-hybridized carbons (Fsp3) is 0.643. The standard InChI is InChI=1S/C14H21N3O2/c1-9-12(8-15-10(2)17-9)14(19)16-7-11-5-3-4-6-13(11)18/h8,11,13,18H,3-7H2,1-2H3,(H,16,19). The summed E-state index contributed by atoms with van der Waals surface area (Å²) < 4.78 is 0. The average Bonchev–Trinajstić information content (AvgIpc) is 2.37. The highest BCUT2D eigenvalue weighted by Gasteiger charge is 2.23. The second-order valence-electron chi connectivity index (χ2n) is 5.24. The molecule has 104 valence electrons. The van der Waals surface area contributed by atoms with Crippen LogP contribution < -0.4 is 5.32 Å². The number of hydrogen-bond donors (Lipinski definition) is 2. The summed E-state index contributed by atoms with van der Waals surface area (Å²) in [4.78, 5) is 20.3. The largest absolute Gasteiger partial charge is 0.393 e. The third kappa shape index (κ3) is 3.50. The minimum atomic E-state index is -0.288. The predicted octanol–water partition coefficient (Wildman–Crippen LogP) is 1.37. The predicted molar refractivity (Wildman–Crippen MR) is 71.8 cm³/mol. The second-order valence-corrected chi connectivity index (χ2v) is 5.24. The molecular formula is C14H21N3O2. The van der Waals surface area contributed by atoms with E-state index in [4.69, 9.17) is 0 Å². The van der Waals surface area contributed by atoms with Crippen LogP contribution in [-0.4, -0.2) is 33.6 Å². The topological polar surface area (TPSA) is 75.1 Å². The van der Waals surface area contributed by atoms with Crippen molar-refractivity contribution in [3.05, 3.63) is 23.3 Å². The number of aliphatic hydroxyl groups excluding tert-OH is 1. The molecule has 1 saturated carbocycles. The number of hydrogen-bond acceptors (Lipinski definition) is 4. The zero-order chi connectivity index (χ0) is 13.8. The SMILES string of the molecule is Cc1ncc(C(=O)NCC2CCCCC2O)c(C)n1. The van der Waals surface area contributed by atoms with Crippen LogP contribution in [0.15, 0.2) is 6.20 Å². The molecule has 2 unspecified atom stereocenters. The van der Waals surface area contributed by atoms with E-state index in [0.29, 0.717) is 23.6 Å². The Morgan fingerprint density at radius 2 is 2.16 bits per heavy atom. The Bertz CT molecular complexity index is 462. The summed E-state index contributed by atoms with van der Waals surface area (Å²) in [6.07, 6.45) is 5.30. The first-order valence-electron chi connectivity index (χ1n) is 6.84. The van der Waals surface area contributed by atoms with Crippen LogP contribution >= 0.6 is 0 Å². The summed E-state index contributed by atoms with van der Waals surface area (Å²) in [6.45, 7) is 4.12. The van der Waals surface area contributed by atoms with E-state index in [1.807, 2.05) is 0 Å². The monoisotopic (exact) mass is 263 g/mol. The van der Waals surface area contributed by atoms with Gasteiger partial charge in [-0.15, -0.1) is 0 Å². The van der Waals surface area contributed by atoms with Gasteiger partial charge in [0.2, 0.25) is 0 Å². The molecule has 1 aliphatic rings. The number of aryl methyl sites for hydroxylation is 2. The van der Waals surface area contributed by atoms with Gasteiger partial charge in [0.15, 0.2) is 0 Å². The molecule has 0 aromatic carbocycles. The molecule has 0 bridgehead atoms. The molecule has 2 N–H and O–H groups in total. The van der Waals surface area contributed by atoms with Crippen molar-refractivity contribution >= 4 is 5.91 Å². The number of nitrogens with zero attached hydrogens (tertiary/aromatic N) is 2. The lowest BCUT2D eigenvalue weighted by Gasteiger charge is -2.27. The molecule has 5 heteroatoms. The second kappa shape index (κ2) is 6.10. The van der Waals surface area contributed by atoms with E-state index in [0.717, 1.165) is 25.7 Å². The quantitative estimate of drug-likeness (QED) is 0.863. The summed E-state index contributed by atoms with van der Waals surface area (Å²) in [6, 6.07) is 0. The van der Waals surface area contributed by atoms with Crippen LogP contribution in [0.3, 0.4) is 0 Å². The van der Waals surface area contributed by atoms with Crippen molar-refractivity contribution in [1.82, 2.24) is 15.3 Å². The van der Waals surface area contributed by atoms with Gasteiger partial charge in [-0.25, -0.2) is 9.97 Å². The Labute approximate surface area is 113 Å². The van der Waals surface area contributed by atoms with Gasteiger partial charge in [-0.3, -0.25) is 4.79 Å². The van der Waals surface area contributed by atoms with Crippen molar-refractivity contribution < 1.29 is 9.90 Å². The number of aromatic nitrogens is 2. The number of nitrogens with one attached hydrogen (secondary N) is 1. The van der Waals surface area contributed by atoms with Gasteiger partial charge >= 0.3 is 0 Å². The van der Waals surface area contributed by atoms with E-state index in [2.05, 4.69) is 15.3 Å². The number of aliphatic hydroxyl groups is 1. The first-order chi connectivity index (χ1) is 9.08. The number of carbonyl (C=O) groups is 1. The summed E-state index contributed by atoms with van der Waals surface area (Å²) >= 11 is 0. The van der Waals surface area contributed by atoms with E-state index >= 15 is 0 Å². The number of rotatable bonds is 3. The van der Waals surface area contributed by atoms with Crippen LogP contribution in [0.2, 0.25) is 0 Å². The van der Waals surface area contributed by atoms with Gasteiger partial charge in [-0.2, -0.15) is 0 Å². The molecular weight excluding hydrogens is 242 g/mol. The average molecular weight is 263 g/mol. The van der Waals surface area contributed by atoms with Gasteiger partial charge in [0.25, 0.3) is 5.91 Å². The molecule has 0 radical (unpaired) electrons. The van der Waals surface area contributed by atoms with Gasteiger partial charge < -0.3 is 10.4 Å². The van der Waals surface area contributed by atoms with Crippen LogP contribution in [0.25, 0.3) is 0 Å². The zero-order valence-electron chi connectivity index (χ0n) is 11.5. The molecule has 2 atom stereocenters. The van der Waals surface area contributed by atoms with Crippen molar-refractivity contribution in [1.29, 1.82) is 0 Å². The van der Waals surface area contributed by atoms with Crippen LogP contribution in [0.1, 0.15) is 47.6 Å². The Morgan fingerprint density at radius 3 is 2.84 bits per heavy atom. The summed E-state index contributed by atoms with van der Waals surface area (Å²) in [5.74, 6) is 0.677. The van der Waals surface area contributed by atoms with Crippen LogP contribution in [0.4, 0.5) is 0 Å². The van der Waals surface area contributed by atoms with Gasteiger partial charge in [0, 0.05) is 18.7 Å². The Kier molecular flexibility index (Phi) is 4.47. The van der Waals surface area contributed by atoms with Crippen molar-refractivity contribution in [3.63, 3.8) is 0 Å². The smallest absolute Gasteiger partial charge is 0.254 e. The van der Waals surface area contributed by atoms with Gasteiger partial charge in [0.1, 0.15) is 5.82 Å². The van der Waals surface area contributed by atoms with Gasteiger partial charge in [-0.05, 0) is 26.7 Å². The normalized spacial score (nSPS) is 23.1. The Hall–Kier alpha value is -1.49. The lowest BCUT2D eigenvalue weighted by atomic mass is 9.86. The highest BCUT2D eigenvalue weighted by Crippen LogP contribution is 2.23. The summed E-state index contributed by atoms with van der Waals surface area (Å²) in [5, 5.41) is 12.7. The highest BCUT2D eigenvalue weighted by atomic mass is 16.3. The maximum Gasteiger partial charge on any atom is 0.254 e. The van der Waals surface area contributed by atoms with E-state index in [1.54, 1.807) is 20.0 Å². The fourth-order valence-electron chi connectivity index (χ4n) is 2.55. The fourth-order valence-corrected chi connectivity index (χ4v) is 2.55. The molecule has 0 aliphatic heterocycles.